The van der Waals surface area contributed by atoms with Crippen molar-refractivity contribution in [3.05, 3.63) is 53.8 Å². The maximum absolute atomic E-state index is 13.9. The maximum Gasteiger partial charge on any atom is 0.321 e. The molecule has 0 bridgehead atoms. The van der Waals surface area contributed by atoms with Crippen molar-refractivity contribution >= 4 is 29.0 Å². The fourth-order valence-electron chi connectivity index (χ4n) is 2.95. The van der Waals surface area contributed by atoms with Gasteiger partial charge in [0.15, 0.2) is 17.5 Å². The molecule has 1 aliphatic rings. The zero-order chi connectivity index (χ0) is 20.3. The van der Waals surface area contributed by atoms with Crippen molar-refractivity contribution in [1.29, 1.82) is 0 Å². The monoisotopic (exact) mass is 392 g/mol. The van der Waals surface area contributed by atoms with Crippen LogP contribution in [0.3, 0.4) is 0 Å². The van der Waals surface area contributed by atoms with Crippen molar-refractivity contribution in [2.75, 3.05) is 41.7 Å². The number of anilines is 3. The van der Waals surface area contributed by atoms with Crippen molar-refractivity contribution in [3.63, 3.8) is 0 Å². The number of rotatable bonds is 3. The van der Waals surface area contributed by atoms with E-state index >= 15 is 0 Å². The molecule has 28 heavy (non-hydrogen) atoms. The number of nitrogens with zero attached hydrogens (tertiary/aromatic N) is 2. The van der Waals surface area contributed by atoms with Gasteiger partial charge in [-0.15, -0.1) is 0 Å². The van der Waals surface area contributed by atoms with Crippen LogP contribution in [0.15, 0.2) is 36.4 Å². The number of amides is 3. The lowest BCUT2D eigenvalue weighted by atomic mass is 10.2. The van der Waals surface area contributed by atoms with Gasteiger partial charge in [-0.2, -0.15) is 0 Å². The molecule has 1 fully saturated rings. The second kappa shape index (κ2) is 8.20. The molecule has 2 aromatic carbocycles. The number of carbonyl (C=O) groups excluding carboxylic acids is 2. The van der Waals surface area contributed by atoms with Crippen molar-refractivity contribution < 1.29 is 22.8 Å². The highest BCUT2D eigenvalue weighted by atomic mass is 19.2. The highest BCUT2D eigenvalue weighted by Gasteiger charge is 2.25. The second-order valence-electron chi connectivity index (χ2n) is 6.36. The van der Waals surface area contributed by atoms with Gasteiger partial charge >= 0.3 is 6.03 Å². The van der Waals surface area contributed by atoms with Crippen LogP contribution in [0, 0.1) is 17.5 Å². The Hall–Kier alpha value is -3.23. The summed E-state index contributed by atoms with van der Waals surface area (Å²) >= 11 is 0. The Balaban J connectivity index is 1.57. The third-order valence-electron chi connectivity index (χ3n) is 4.38. The predicted octanol–water partition coefficient (Wildman–Crippen LogP) is 3.42. The first kappa shape index (κ1) is 19.5. The number of piperazine rings is 1. The number of halogens is 3. The van der Waals surface area contributed by atoms with E-state index in [1.54, 1.807) is 34.1 Å². The average molecular weight is 392 g/mol. The fraction of sp³-hybridized carbons (Fsp3) is 0.263. The minimum atomic E-state index is -1.50. The van der Waals surface area contributed by atoms with Crippen LogP contribution in [-0.4, -0.2) is 43.0 Å². The largest absolute Gasteiger partial charge is 0.366 e. The molecule has 3 rings (SSSR count). The topological polar surface area (TPSA) is 64.7 Å². The number of urea groups is 1. The Morgan fingerprint density at radius 2 is 1.39 bits per heavy atom. The molecule has 9 heteroatoms. The molecule has 2 N–H and O–H groups in total. The van der Waals surface area contributed by atoms with Gasteiger partial charge in [0.05, 0.1) is 5.69 Å². The summed E-state index contributed by atoms with van der Waals surface area (Å²) in [5.41, 5.74) is 1.16. The minimum Gasteiger partial charge on any atom is -0.366 e. The van der Waals surface area contributed by atoms with E-state index in [9.17, 15) is 22.8 Å². The maximum atomic E-state index is 13.9. The van der Waals surface area contributed by atoms with Crippen LogP contribution in [0.4, 0.5) is 35.0 Å². The summed E-state index contributed by atoms with van der Waals surface area (Å²) in [5, 5.41) is 5.38. The molecule has 0 unspecified atom stereocenters. The highest BCUT2D eigenvalue weighted by Crippen LogP contribution is 2.25. The van der Waals surface area contributed by atoms with Crippen LogP contribution in [0.2, 0.25) is 0 Å². The quantitative estimate of drug-likeness (QED) is 0.787. The van der Waals surface area contributed by atoms with Gasteiger partial charge in [-0.1, -0.05) is 0 Å². The van der Waals surface area contributed by atoms with Crippen LogP contribution in [0.25, 0.3) is 0 Å². The lowest BCUT2D eigenvalue weighted by Gasteiger charge is -2.36. The summed E-state index contributed by atoms with van der Waals surface area (Å²) in [6, 6.07) is 8.42. The number of hydrogen-bond acceptors (Lipinski definition) is 3. The molecule has 148 valence electrons. The molecular formula is C19H19F3N4O2. The Kier molecular flexibility index (Phi) is 5.72. The Morgan fingerprint density at radius 3 is 1.96 bits per heavy atom. The zero-order valence-corrected chi connectivity index (χ0v) is 15.1. The van der Waals surface area contributed by atoms with E-state index in [2.05, 4.69) is 10.6 Å². The van der Waals surface area contributed by atoms with Gasteiger partial charge in [0.2, 0.25) is 5.91 Å². The summed E-state index contributed by atoms with van der Waals surface area (Å²) in [6.45, 7) is 2.58. The van der Waals surface area contributed by atoms with E-state index in [0.29, 0.717) is 24.5 Å². The normalized spacial score (nSPS) is 14.0. The first-order valence-electron chi connectivity index (χ1n) is 8.67. The van der Waals surface area contributed by atoms with E-state index in [1.807, 2.05) is 0 Å². The van der Waals surface area contributed by atoms with Gasteiger partial charge in [0, 0.05) is 44.5 Å². The first-order chi connectivity index (χ1) is 13.3. The van der Waals surface area contributed by atoms with Gasteiger partial charge < -0.3 is 20.4 Å². The summed E-state index contributed by atoms with van der Waals surface area (Å²) < 4.78 is 40.4. The van der Waals surface area contributed by atoms with E-state index in [1.165, 1.54) is 13.0 Å². The van der Waals surface area contributed by atoms with Gasteiger partial charge in [-0.25, -0.2) is 18.0 Å². The van der Waals surface area contributed by atoms with E-state index < -0.39 is 17.5 Å². The van der Waals surface area contributed by atoms with Gasteiger partial charge in [-0.05, 0) is 36.4 Å². The standard InChI is InChI=1S/C19H19F3N4O2/c1-12(27)23-13-2-4-14(5-3-13)24-19(28)26-10-8-25(9-11-26)16-7-6-15(20)17(21)18(16)22/h2-7H,8-11H2,1H3,(H,23,27)(H,24,28). The van der Waals surface area contributed by atoms with Gasteiger partial charge in [0.1, 0.15) is 0 Å². The molecule has 0 radical (unpaired) electrons. The Morgan fingerprint density at radius 1 is 0.821 bits per heavy atom. The number of hydrogen-bond donors (Lipinski definition) is 2. The molecule has 0 saturated carbocycles. The molecule has 1 aliphatic heterocycles. The summed E-state index contributed by atoms with van der Waals surface area (Å²) in [4.78, 5) is 26.5. The van der Waals surface area contributed by atoms with E-state index in [-0.39, 0.29) is 30.7 Å². The molecule has 0 atom stereocenters. The average Bonchev–Trinajstić information content (AvgIpc) is 2.67. The van der Waals surface area contributed by atoms with Gasteiger partial charge in [-0.3, -0.25) is 4.79 Å². The smallest absolute Gasteiger partial charge is 0.321 e. The molecule has 2 aromatic rings. The van der Waals surface area contributed by atoms with Crippen molar-refractivity contribution in [1.82, 2.24) is 4.90 Å². The third-order valence-corrected chi connectivity index (χ3v) is 4.38. The van der Waals surface area contributed by atoms with Crippen LogP contribution < -0.4 is 15.5 Å². The third kappa shape index (κ3) is 4.36. The van der Waals surface area contributed by atoms with Crippen molar-refractivity contribution in [2.45, 2.75) is 6.92 Å². The van der Waals surface area contributed by atoms with Crippen molar-refractivity contribution in [3.8, 4) is 0 Å². The van der Waals surface area contributed by atoms with Crippen LogP contribution in [-0.2, 0) is 4.79 Å². The molecule has 6 nitrogen and oxygen atoms in total. The first-order valence-corrected chi connectivity index (χ1v) is 8.67. The lowest BCUT2D eigenvalue weighted by molar-refractivity contribution is -0.114. The summed E-state index contributed by atoms with van der Waals surface area (Å²) in [6.07, 6.45) is 0. The molecule has 0 aromatic heterocycles. The van der Waals surface area contributed by atoms with Crippen LogP contribution >= 0.6 is 0 Å². The van der Waals surface area contributed by atoms with Crippen LogP contribution in [0.1, 0.15) is 6.92 Å². The molecule has 0 aliphatic carbocycles. The summed E-state index contributed by atoms with van der Waals surface area (Å²) in [5.74, 6) is -4.14. The molecule has 1 saturated heterocycles. The van der Waals surface area contributed by atoms with Gasteiger partial charge in [0.25, 0.3) is 0 Å². The number of nitrogens with one attached hydrogen (secondary N) is 2. The Labute approximate surface area is 159 Å². The SMILES string of the molecule is CC(=O)Nc1ccc(NC(=O)N2CCN(c3ccc(F)c(F)c3F)CC2)cc1. The van der Waals surface area contributed by atoms with Crippen molar-refractivity contribution in [2.24, 2.45) is 0 Å². The zero-order valence-electron chi connectivity index (χ0n) is 15.1. The second-order valence-corrected chi connectivity index (χ2v) is 6.36. The van der Waals surface area contributed by atoms with E-state index in [4.69, 9.17) is 0 Å². The molecular weight excluding hydrogens is 373 g/mol. The number of benzene rings is 2. The van der Waals surface area contributed by atoms with E-state index in [0.717, 1.165) is 6.07 Å². The predicted molar refractivity (Wildman–Crippen MR) is 99.9 cm³/mol. The molecule has 3 amide bonds. The summed E-state index contributed by atoms with van der Waals surface area (Å²) in [7, 11) is 0. The Bertz CT molecular complexity index is 881. The lowest BCUT2D eigenvalue weighted by Crippen LogP contribution is -2.50. The molecule has 0 spiro atoms. The number of carbonyl (C=O) groups is 2. The highest BCUT2D eigenvalue weighted by molar-refractivity contribution is 5.91. The fourth-order valence-corrected chi connectivity index (χ4v) is 2.95. The minimum absolute atomic E-state index is 0.0208. The molecule has 1 heterocycles. The van der Waals surface area contributed by atoms with Crippen LogP contribution in [0.5, 0.6) is 0 Å².